The van der Waals surface area contributed by atoms with Crippen LogP contribution in [0.2, 0.25) is 0 Å². The molecule has 0 aromatic rings. The van der Waals surface area contributed by atoms with Crippen LogP contribution in [0.15, 0.2) is 36.5 Å². The summed E-state index contributed by atoms with van der Waals surface area (Å²) in [6.45, 7) is 6.57. The lowest BCUT2D eigenvalue weighted by molar-refractivity contribution is -0.167. The second-order valence-corrected chi connectivity index (χ2v) is 19.2. The minimum absolute atomic E-state index is 0.0761. The molecule has 0 amide bonds. The van der Waals surface area contributed by atoms with Gasteiger partial charge in [0.05, 0.1) is 0 Å². The standard InChI is InChI=1S/C59H108O6/c1-4-7-10-13-16-19-22-23-24-25-26-27-28-29-30-31-32-33-34-35-38-40-43-46-49-52-58(61)64-55-56(65-59(62)53-50-47-44-41-37-21-18-15-12-9-6-3)54-63-57(60)51-48-45-42-39-36-20-17-14-11-8-5-2/h14-15,17-18,25-26,56H,4-13,16,19-24,27-55H2,1-3H3/b17-14-,18-15-,26-25-. The van der Waals surface area contributed by atoms with Crippen LogP contribution in [-0.2, 0) is 28.6 Å². The summed E-state index contributed by atoms with van der Waals surface area (Å²) >= 11 is 0. The van der Waals surface area contributed by atoms with E-state index in [9.17, 15) is 14.4 Å². The molecule has 1 atom stereocenters. The van der Waals surface area contributed by atoms with Gasteiger partial charge in [-0.2, -0.15) is 0 Å². The Morgan fingerprint density at radius 3 is 0.815 bits per heavy atom. The van der Waals surface area contributed by atoms with Gasteiger partial charge in [-0.25, -0.2) is 0 Å². The molecule has 0 aliphatic carbocycles. The molecule has 0 saturated carbocycles. The Morgan fingerprint density at radius 1 is 0.292 bits per heavy atom. The molecule has 0 aliphatic heterocycles. The number of ether oxygens (including phenoxy) is 3. The summed E-state index contributed by atoms with van der Waals surface area (Å²) in [4.78, 5) is 38.0. The predicted molar refractivity (Wildman–Crippen MR) is 279 cm³/mol. The van der Waals surface area contributed by atoms with Gasteiger partial charge in [-0.3, -0.25) is 14.4 Å². The zero-order chi connectivity index (χ0) is 47.2. The number of esters is 3. The Labute approximate surface area is 404 Å². The van der Waals surface area contributed by atoms with Crippen LogP contribution in [0.4, 0.5) is 0 Å². The molecule has 0 rings (SSSR count). The van der Waals surface area contributed by atoms with E-state index in [1.807, 2.05) is 0 Å². The topological polar surface area (TPSA) is 78.9 Å². The number of carbonyl (C=O) groups is 3. The van der Waals surface area contributed by atoms with Crippen molar-refractivity contribution in [1.82, 2.24) is 0 Å². The first-order chi connectivity index (χ1) is 32.0. The van der Waals surface area contributed by atoms with Crippen molar-refractivity contribution < 1.29 is 28.6 Å². The van der Waals surface area contributed by atoms with Gasteiger partial charge in [0.15, 0.2) is 6.10 Å². The van der Waals surface area contributed by atoms with Crippen molar-refractivity contribution in [2.45, 2.75) is 309 Å². The summed E-state index contributed by atoms with van der Waals surface area (Å²) in [6.07, 6.45) is 64.4. The SMILES string of the molecule is CCCC/C=C\CCCCCCCC(=O)OCC(COC(=O)CCCCCCCCCCCCCCC/C=C\CCCCCCCCCC)OC(=O)CCCCCCC/C=C\CCCC. The summed E-state index contributed by atoms with van der Waals surface area (Å²) in [7, 11) is 0. The molecule has 1 unspecified atom stereocenters. The highest BCUT2D eigenvalue weighted by Crippen LogP contribution is 2.16. The lowest BCUT2D eigenvalue weighted by atomic mass is 10.0. The molecule has 380 valence electrons. The number of rotatable bonds is 52. The van der Waals surface area contributed by atoms with E-state index >= 15 is 0 Å². The zero-order valence-corrected chi connectivity index (χ0v) is 43.5. The highest BCUT2D eigenvalue weighted by atomic mass is 16.6. The number of unbranched alkanes of at least 4 members (excludes halogenated alkanes) is 35. The van der Waals surface area contributed by atoms with Crippen molar-refractivity contribution in [3.8, 4) is 0 Å². The molecule has 0 bridgehead atoms. The molecular weight excluding hydrogens is 805 g/mol. The Morgan fingerprint density at radius 2 is 0.523 bits per heavy atom. The number of allylic oxidation sites excluding steroid dienone is 6. The van der Waals surface area contributed by atoms with Crippen LogP contribution in [0.1, 0.15) is 303 Å². The van der Waals surface area contributed by atoms with Crippen LogP contribution in [-0.4, -0.2) is 37.2 Å². The van der Waals surface area contributed by atoms with Gasteiger partial charge in [0, 0.05) is 19.3 Å². The lowest BCUT2D eigenvalue weighted by Crippen LogP contribution is -2.30. The Kier molecular flexibility index (Phi) is 52.3. The van der Waals surface area contributed by atoms with E-state index in [1.165, 1.54) is 186 Å². The van der Waals surface area contributed by atoms with Crippen molar-refractivity contribution in [1.29, 1.82) is 0 Å². The van der Waals surface area contributed by atoms with Crippen molar-refractivity contribution in [2.75, 3.05) is 13.2 Å². The molecule has 0 saturated heterocycles. The number of hydrogen-bond donors (Lipinski definition) is 0. The van der Waals surface area contributed by atoms with Crippen LogP contribution in [0.5, 0.6) is 0 Å². The minimum atomic E-state index is -0.776. The molecule has 0 radical (unpaired) electrons. The zero-order valence-electron chi connectivity index (χ0n) is 43.5. The van der Waals surface area contributed by atoms with Crippen LogP contribution < -0.4 is 0 Å². The number of carbonyl (C=O) groups excluding carboxylic acids is 3. The van der Waals surface area contributed by atoms with Gasteiger partial charge in [-0.1, -0.05) is 237 Å². The van der Waals surface area contributed by atoms with Crippen LogP contribution in [0, 0.1) is 0 Å². The van der Waals surface area contributed by atoms with Crippen LogP contribution in [0.25, 0.3) is 0 Å². The molecule has 0 spiro atoms. The van der Waals surface area contributed by atoms with E-state index < -0.39 is 6.10 Å². The first-order valence-electron chi connectivity index (χ1n) is 28.5. The van der Waals surface area contributed by atoms with E-state index in [2.05, 4.69) is 57.2 Å². The average molecular weight is 914 g/mol. The highest BCUT2D eigenvalue weighted by Gasteiger charge is 2.19. The summed E-state index contributed by atoms with van der Waals surface area (Å²) < 4.78 is 16.8. The number of hydrogen-bond acceptors (Lipinski definition) is 6. The van der Waals surface area contributed by atoms with Crippen molar-refractivity contribution in [3.05, 3.63) is 36.5 Å². The van der Waals surface area contributed by atoms with Crippen LogP contribution in [0.3, 0.4) is 0 Å². The van der Waals surface area contributed by atoms with Crippen LogP contribution >= 0.6 is 0 Å². The maximum Gasteiger partial charge on any atom is 0.306 e. The molecule has 0 aromatic heterocycles. The maximum absolute atomic E-state index is 12.8. The minimum Gasteiger partial charge on any atom is -0.462 e. The third-order valence-corrected chi connectivity index (χ3v) is 12.6. The molecular formula is C59H108O6. The third-order valence-electron chi connectivity index (χ3n) is 12.6. The summed E-state index contributed by atoms with van der Waals surface area (Å²) in [5.41, 5.74) is 0. The molecule has 65 heavy (non-hydrogen) atoms. The van der Waals surface area contributed by atoms with Crippen molar-refractivity contribution >= 4 is 17.9 Å². The summed E-state index contributed by atoms with van der Waals surface area (Å²) in [5, 5.41) is 0. The van der Waals surface area contributed by atoms with Gasteiger partial charge >= 0.3 is 17.9 Å². The monoisotopic (exact) mass is 913 g/mol. The Hall–Kier alpha value is -2.37. The second-order valence-electron chi connectivity index (χ2n) is 19.2. The molecule has 6 heteroatoms. The normalized spacial score (nSPS) is 12.2. The predicted octanol–water partition coefficient (Wildman–Crippen LogP) is 18.9. The molecule has 0 aromatic carbocycles. The molecule has 0 fully saturated rings. The van der Waals surface area contributed by atoms with Gasteiger partial charge in [0.1, 0.15) is 13.2 Å². The fourth-order valence-corrected chi connectivity index (χ4v) is 8.22. The lowest BCUT2D eigenvalue weighted by Gasteiger charge is -2.18. The molecule has 0 heterocycles. The van der Waals surface area contributed by atoms with Crippen molar-refractivity contribution in [3.63, 3.8) is 0 Å². The van der Waals surface area contributed by atoms with E-state index in [4.69, 9.17) is 14.2 Å². The van der Waals surface area contributed by atoms with Gasteiger partial charge in [0.25, 0.3) is 0 Å². The van der Waals surface area contributed by atoms with Gasteiger partial charge in [0.2, 0.25) is 0 Å². The Bertz CT molecular complexity index is 1090. The smallest absolute Gasteiger partial charge is 0.306 e. The van der Waals surface area contributed by atoms with Gasteiger partial charge in [-0.05, 0) is 83.5 Å². The van der Waals surface area contributed by atoms with E-state index in [1.54, 1.807) is 0 Å². The van der Waals surface area contributed by atoms with E-state index in [0.29, 0.717) is 19.3 Å². The first-order valence-corrected chi connectivity index (χ1v) is 28.5. The van der Waals surface area contributed by atoms with E-state index in [0.717, 1.165) is 77.0 Å². The summed E-state index contributed by atoms with van der Waals surface area (Å²) in [5.74, 6) is -0.885. The van der Waals surface area contributed by atoms with Gasteiger partial charge in [-0.15, -0.1) is 0 Å². The molecule has 0 N–H and O–H groups in total. The van der Waals surface area contributed by atoms with Crippen molar-refractivity contribution in [2.24, 2.45) is 0 Å². The quantitative estimate of drug-likeness (QED) is 0.0262. The second kappa shape index (κ2) is 54.2. The maximum atomic E-state index is 12.8. The fourth-order valence-electron chi connectivity index (χ4n) is 8.22. The highest BCUT2D eigenvalue weighted by molar-refractivity contribution is 5.71. The largest absolute Gasteiger partial charge is 0.462 e. The van der Waals surface area contributed by atoms with Gasteiger partial charge < -0.3 is 14.2 Å². The fraction of sp³-hybridized carbons (Fsp3) is 0.847. The third kappa shape index (κ3) is 52.5. The van der Waals surface area contributed by atoms with E-state index in [-0.39, 0.29) is 31.1 Å². The average Bonchev–Trinajstić information content (AvgIpc) is 3.30. The summed E-state index contributed by atoms with van der Waals surface area (Å²) in [6, 6.07) is 0. The molecule has 0 aliphatic rings. The molecule has 6 nitrogen and oxygen atoms in total. The first kappa shape index (κ1) is 62.6. The Balaban J connectivity index is 4.15.